The Bertz CT molecular complexity index is 475. The lowest BCUT2D eigenvalue weighted by Crippen LogP contribution is -2.35. The number of aromatic hydroxyl groups is 1. The molecule has 1 saturated heterocycles. The number of aromatic nitrogens is 2. The van der Waals surface area contributed by atoms with Crippen molar-refractivity contribution in [3.8, 4) is 5.88 Å². The fraction of sp³-hybridized carbons (Fsp3) is 0.667. The summed E-state index contributed by atoms with van der Waals surface area (Å²) < 4.78 is 0. The molecular formula is C12H19N3O2S. The highest BCUT2D eigenvalue weighted by Crippen LogP contribution is 2.26. The number of hydrogen-bond acceptors (Lipinski definition) is 5. The number of hydrogen-bond donors (Lipinski definition) is 2. The minimum Gasteiger partial charge on any atom is -0.493 e. The molecule has 1 aromatic rings. The van der Waals surface area contributed by atoms with Crippen LogP contribution in [0.15, 0.2) is 4.79 Å². The molecule has 1 aliphatic heterocycles. The molecule has 1 atom stereocenters. The maximum absolute atomic E-state index is 11.9. The SMILES string of the molecule is CCCc1c(O)nc(C2CSCCN2C)[nH]c1=O. The van der Waals surface area contributed by atoms with Crippen molar-refractivity contribution in [2.45, 2.75) is 25.8 Å². The van der Waals surface area contributed by atoms with Gasteiger partial charge in [0.2, 0.25) is 5.88 Å². The lowest BCUT2D eigenvalue weighted by Gasteiger charge is -2.31. The third-order valence-corrected chi connectivity index (χ3v) is 4.25. The Labute approximate surface area is 111 Å². The molecule has 0 aromatic carbocycles. The molecule has 1 fully saturated rings. The van der Waals surface area contributed by atoms with Crippen molar-refractivity contribution in [2.75, 3.05) is 25.1 Å². The van der Waals surface area contributed by atoms with Gasteiger partial charge in [0.15, 0.2) is 0 Å². The molecule has 5 nitrogen and oxygen atoms in total. The second-order valence-electron chi connectivity index (χ2n) is 4.57. The predicted molar refractivity (Wildman–Crippen MR) is 73.2 cm³/mol. The summed E-state index contributed by atoms with van der Waals surface area (Å²) in [5, 5.41) is 9.86. The topological polar surface area (TPSA) is 69.2 Å². The number of aromatic amines is 1. The largest absolute Gasteiger partial charge is 0.493 e. The van der Waals surface area contributed by atoms with Gasteiger partial charge in [-0.2, -0.15) is 16.7 Å². The van der Waals surface area contributed by atoms with Crippen molar-refractivity contribution in [2.24, 2.45) is 0 Å². The second-order valence-corrected chi connectivity index (χ2v) is 5.72. The summed E-state index contributed by atoms with van der Waals surface area (Å²) in [6.45, 7) is 2.94. The Balaban J connectivity index is 2.32. The maximum atomic E-state index is 11.9. The highest BCUT2D eigenvalue weighted by molar-refractivity contribution is 7.99. The molecule has 0 aliphatic carbocycles. The first-order chi connectivity index (χ1) is 8.63. The predicted octanol–water partition coefficient (Wildman–Crippen LogP) is 1.15. The van der Waals surface area contributed by atoms with Crippen molar-refractivity contribution >= 4 is 11.8 Å². The summed E-state index contributed by atoms with van der Waals surface area (Å²) in [5.74, 6) is 2.45. The molecule has 1 aliphatic rings. The van der Waals surface area contributed by atoms with Crippen molar-refractivity contribution in [3.05, 3.63) is 21.7 Å². The Morgan fingerprint density at radius 2 is 2.39 bits per heavy atom. The summed E-state index contributed by atoms with van der Waals surface area (Å²) in [6, 6.07) is 0.0815. The smallest absolute Gasteiger partial charge is 0.257 e. The average Bonchev–Trinajstić information content (AvgIpc) is 2.34. The quantitative estimate of drug-likeness (QED) is 0.861. The maximum Gasteiger partial charge on any atom is 0.257 e. The Morgan fingerprint density at radius 1 is 1.61 bits per heavy atom. The van der Waals surface area contributed by atoms with Crippen LogP contribution in [0.2, 0.25) is 0 Å². The molecule has 100 valence electrons. The molecule has 1 aromatic heterocycles. The van der Waals surface area contributed by atoms with Crippen LogP contribution in [0.5, 0.6) is 5.88 Å². The van der Waals surface area contributed by atoms with E-state index in [1.54, 1.807) is 0 Å². The van der Waals surface area contributed by atoms with Gasteiger partial charge in [-0.05, 0) is 13.5 Å². The minimum atomic E-state index is -0.205. The van der Waals surface area contributed by atoms with E-state index in [9.17, 15) is 9.90 Å². The number of H-pyrrole nitrogens is 1. The van der Waals surface area contributed by atoms with E-state index in [1.165, 1.54) is 0 Å². The zero-order valence-corrected chi connectivity index (χ0v) is 11.6. The zero-order valence-electron chi connectivity index (χ0n) is 10.8. The average molecular weight is 269 g/mol. The fourth-order valence-electron chi connectivity index (χ4n) is 2.11. The van der Waals surface area contributed by atoms with Crippen molar-refractivity contribution in [3.63, 3.8) is 0 Å². The summed E-state index contributed by atoms with van der Waals surface area (Å²) in [7, 11) is 2.02. The Hall–Kier alpha value is -1.01. The standard InChI is InChI=1S/C12H19N3O2S/c1-3-4-8-11(16)13-10(14-12(8)17)9-7-18-6-5-15(9)2/h9H,3-7H2,1-2H3,(H2,13,14,16,17). The van der Waals surface area contributed by atoms with Gasteiger partial charge in [0.25, 0.3) is 5.56 Å². The Morgan fingerprint density at radius 3 is 3.00 bits per heavy atom. The van der Waals surface area contributed by atoms with E-state index in [1.807, 2.05) is 25.7 Å². The highest BCUT2D eigenvalue weighted by atomic mass is 32.2. The number of nitrogens with zero attached hydrogens (tertiary/aromatic N) is 2. The van der Waals surface area contributed by atoms with Crippen LogP contribution in [-0.4, -0.2) is 45.1 Å². The van der Waals surface area contributed by atoms with E-state index in [0.717, 1.165) is 24.5 Å². The molecule has 2 N–H and O–H groups in total. The first kappa shape index (κ1) is 13.4. The first-order valence-corrected chi connectivity index (χ1v) is 7.39. The minimum absolute atomic E-state index is 0.0815. The monoisotopic (exact) mass is 269 g/mol. The van der Waals surface area contributed by atoms with Crippen LogP contribution in [0.3, 0.4) is 0 Å². The summed E-state index contributed by atoms with van der Waals surface area (Å²) in [4.78, 5) is 21.1. The van der Waals surface area contributed by atoms with Gasteiger partial charge in [0.05, 0.1) is 11.6 Å². The lowest BCUT2D eigenvalue weighted by molar-refractivity contribution is 0.261. The van der Waals surface area contributed by atoms with Gasteiger partial charge in [-0.15, -0.1) is 0 Å². The van der Waals surface area contributed by atoms with Gasteiger partial charge in [-0.3, -0.25) is 9.69 Å². The third-order valence-electron chi connectivity index (χ3n) is 3.22. The van der Waals surface area contributed by atoms with Crippen LogP contribution in [-0.2, 0) is 6.42 Å². The molecule has 2 heterocycles. The van der Waals surface area contributed by atoms with Crippen molar-refractivity contribution in [1.82, 2.24) is 14.9 Å². The van der Waals surface area contributed by atoms with E-state index in [0.29, 0.717) is 17.8 Å². The third kappa shape index (κ3) is 2.70. The van der Waals surface area contributed by atoms with E-state index in [4.69, 9.17) is 0 Å². The summed E-state index contributed by atoms with van der Waals surface area (Å²) in [6.07, 6.45) is 1.38. The van der Waals surface area contributed by atoms with Gasteiger partial charge in [0, 0.05) is 18.1 Å². The van der Waals surface area contributed by atoms with Crippen molar-refractivity contribution in [1.29, 1.82) is 0 Å². The first-order valence-electron chi connectivity index (χ1n) is 6.23. The molecule has 0 amide bonds. The molecular weight excluding hydrogens is 250 g/mol. The summed E-state index contributed by atoms with van der Waals surface area (Å²) >= 11 is 1.84. The second kappa shape index (κ2) is 5.75. The normalized spacial score (nSPS) is 21.1. The molecule has 18 heavy (non-hydrogen) atoms. The van der Waals surface area contributed by atoms with Gasteiger partial charge < -0.3 is 10.1 Å². The van der Waals surface area contributed by atoms with Crippen LogP contribution in [0.4, 0.5) is 0 Å². The van der Waals surface area contributed by atoms with Crippen LogP contribution in [0.25, 0.3) is 0 Å². The van der Waals surface area contributed by atoms with Gasteiger partial charge in [-0.25, -0.2) is 0 Å². The number of thioether (sulfide) groups is 1. The van der Waals surface area contributed by atoms with E-state index >= 15 is 0 Å². The lowest BCUT2D eigenvalue weighted by atomic mass is 10.2. The number of rotatable bonds is 3. The van der Waals surface area contributed by atoms with Crippen LogP contribution < -0.4 is 5.56 Å². The van der Waals surface area contributed by atoms with E-state index in [-0.39, 0.29) is 17.5 Å². The van der Waals surface area contributed by atoms with E-state index < -0.39 is 0 Å². The fourth-order valence-corrected chi connectivity index (χ4v) is 3.33. The summed E-state index contributed by atoms with van der Waals surface area (Å²) in [5.41, 5.74) is 0.190. The molecule has 0 bridgehead atoms. The zero-order chi connectivity index (χ0) is 13.1. The van der Waals surface area contributed by atoms with Gasteiger partial charge >= 0.3 is 0 Å². The molecule has 1 unspecified atom stereocenters. The van der Waals surface area contributed by atoms with Crippen LogP contribution >= 0.6 is 11.8 Å². The van der Waals surface area contributed by atoms with E-state index in [2.05, 4.69) is 14.9 Å². The molecule has 0 spiro atoms. The van der Waals surface area contributed by atoms with Crippen molar-refractivity contribution < 1.29 is 5.11 Å². The van der Waals surface area contributed by atoms with Gasteiger partial charge in [-0.1, -0.05) is 13.3 Å². The molecule has 0 radical (unpaired) electrons. The molecule has 2 rings (SSSR count). The van der Waals surface area contributed by atoms with Gasteiger partial charge in [0.1, 0.15) is 5.82 Å². The molecule has 6 heteroatoms. The van der Waals surface area contributed by atoms with Crippen LogP contribution in [0, 0.1) is 0 Å². The Kier molecular flexibility index (Phi) is 4.29. The van der Waals surface area contributed by atoms with Crippen LogP contribution in [0.1, 0.15) is 30.8 Å². The molecule has 0 saturated carbocycles. The number of nitrogens with one attached hydrogen (secondary N) is 1. The highest BCUT2D eigenvalue weighted by Gasteiger charge is 2.24.